The Labute approximate surface area is 84.7 Å². The number of ether oxygens (including phenoxy) is 1. The Kier molecular flexibility index (Phi) is 3.41. The minimum Gasteiger partial charge on any atom is -0.372 e. The van der Waals surface area contributed by atoms with Crippen LogP contribution in [0.5, 0.6) is 0 Å². The molecule has 78 valence electrons. The van der Waals surface area contributed by atoms with E-state index in [1.165, 1.54) is 0 Å². The fourth-order valence-corrected chi connectivity index (χ4v) is 0.849. The molecular weight excluding hydrogens is 178 g/mol. The molecule has 1 N–H and O–H groups in total. The maximum absolute atomic E-state index is 5.57. The van der Waals surface area contributed by atoms with Crippen molar-refractivity contribution in [2.45, 2.75) is 33.0 Å². The van der Waals surface area contributed by atoms with E-state index in [0.29, 0.717) is 6.61 Å². The zero-order valence-electron chi connectivity index (χ0n) is 9.16. The van der Waals surface area contributed by atoms with Gasteiger partial charge in [0.25, 0.3) is 0 Å². The van der Waals surface area contributed by atoms with Crippen LogP contribution in [0.2, 0.25) is 0 Å². The molecule has 0 radical (unpaired) electrons. The zero-order valence-corrected chi connectivity index (χ0v) is 9.16. The van der Waals surface area contributed by atoms with E-state index in [-0.39, 0.29) is 5.60 Å². The standard InChI is InChI=1S/C10H17N3O/c1-10(2,3)14-7-8-5-13-9(11-4)6-12-8/h5-6H,7H2,1-4H3,(H,11,13). The molecule has 0 spiro atoms. The largest absolute Gasteiger partial charge is 0.372 e. The highest BCUT2D eigenvalue weighted by atomic mass is 16.5. The van der Waals surface area contributed by atoms with E-state index in [9.17, 15) is 0 Å². The molecule has 1 aromatic rings. The molecule has 0 aliphatic rings. The second-order valence-corrected chi connectivity index (χ2v) is 4.04. The van der Waals surface area contributed by atoms with E-state index in [0.717, 1.165) is 11.5 Å². The first-order chi connectivity index (χ1) is 6.51. The average Bonchev–Trinajstić information content (AvgIpc) is 2.14. The third-order valence-electron chi connectivity index (χ3n) is 1.61. The van der Waals surface area contributed by atoms with Gasteiger partial charge in [-0.1, -0.05) is 0 Å². The second kappa shape index (κ2) is 4.37. The van der Waals surface area contributed by atoms with Crippen LogP contribution in [0.1, 0.15) is 26.5 Å². The number of nitrogens with zero attached hydrogens (tertiary/aromatic N) is 2. The SMILES string of the molecule is CNc1cnc(COC(C)(C)C)cn1. The Morgan fingerprint density at radius 1 is 1.29 bits per heavy atom. The lowest BCUT2D eigenvalue weighted by atomic mass is 10.2. The quantitative estimate of drug-likeness (QED) is 0.799. The minimum atomic E-state index is -0.136. The molecule has 14 heavy (non-hydrogen) atoms. The maximum atomic E-state index is 5.57. The number of hydrogen-bond acceptors (Lipinski definition) is 4. The van der Waals surface area contributed by atoms with Gasteiger partial charge in [-0.3, -0.25) is 4.98 Å². The molecule has 1 heterocycles. The van der Waals surface area contributed by atoms with Gasteiger partial charge in [0.05, 0.1) is 30.3 Å². The summed E-state index contributed by atoms with van der Waals surface area (Å²) in [6, 6.07) is 0. The first-order valence-electron chi connectivity index (χ1n) is 4.64. The van der Waals surface area contributed by atoms with Crippen molar-refractivity contribution in [3.63, 3.8) is 0 Å². The summed E-state index contributed by atoms with van der Waals surface area (Å²) in [7, 11) is 1.81. The Morgan fingerprint density at radius 2 is 2.00 bits per heavy atom. The lowest BCUT2D eigenvalue weighted by Gasteiger charge is -2.18. The van der Waals surface area contributed by atoms with E-state index in [1.54, 1.807) is 12.4 Å². The van der Waals surface area contributed by atoms with Gasteiger partial charge in [-0.25, -0.2) is 4.98 Å². The summed E-state index contributed by atoms with van der Waals surface area (Å²) in [5.41, 5.74) is 0.711. The van der Waals surface area contributed by atoms with Gasteiger partial charge in [0, 0.05) is 7.05 Å². The van der Waals surface area contributed by atoms with Crippen molar-refractivity contribution < 1.29 is 4.74 Å². The van der Waals surface area contributed by atoms with Gasteiger partial charge in [0.15, 0.2) is 0 Å². The fourth-order valence-electron chi connectivity index (χ4n) is 0.849. The molecule has 0 bridgehead atoms. The average molecular weight is 195 g/mol. The van der Waals surface area contributed by atoms with Crippen LogP contribution in [0.25, 0.3) is 0 Å². The Morgan fingerprint density at radius 3 is 2.43 bits per heavy atom. The van der Waals surface area contributed by atoms with Crippen LogP contribution in [0.3, 0.4) is 0 Å². The summed E-state index contributed by atoms with van der Waals surface area (Å²) < 4.78 is 5.57. The van der Waals surface area contributed by atoms with Crippen LogP contribution in [-0.2, 0) is 11.3 Å². The third-order valence-corrected chi connectivity index (χ3v) is 1.61. The topological polar surface area (TPSA) is 47.0 Å². The third kappa shape index (κ3) is 3.70. The van der Waals surface area contributed by atoms with E-state index in [1.807, 2.05) is 27.8 Å². The van der Waals surface area contributed by atoms with E-state index < -0.39 is 0 Å². The van der Waals surface area contributed by atoms with Gasteiger partial charge in [0.2, 0.25) is 0 Å². The van der Waals surface area contributed by atoms with Crippen molar-refractivity contribution in [3.05, 3.63) is 18.1 Å². The molecule has 0 atom stereocenters. The number of aromatic nitrogens is 2. The van der Waals surface area contributed by atoms with Crippen LogP contribution in [0.15, 0.2) is 12.4 Å². The maximum Gasteiger partial charge on any atom is 0.144 e. The number of anilines is 1. The van der Waals surface area contributed by atoms with Crippen molar-refractivity contribution >= 4 is 5.82 Å². The first-order valence-corrected chi connectivity index (χ1v) is 4.64. The molecule has 0 saturated carbocycles. The van der Waals surface area contributed by atoms with Gasteiger partial charge in [0.1, 0.15) is 5.82 Å². The molecule has 4 nitrogen and oxygen atoms in total. The van der Waals surface area contributed by atoms with E-state index in [2.05, 4.69) is 15.3 Å². The highest BCUT2D eigenvalue weighted by molar-refractivity contribution is 5.29. The van der Waals surface area contributed by atoms with Gasteiger partial charge >= 0.3 is 0 Å². The van der Waals surface area contributed by atoms with Crippen molar-refractivity contribution in [1.82, 2.24) is 9.97 Å². The summed E-state index contributed by atoms with van der Waals surface area (Å²) in [5.74, 6) is 0.768. The molecule has 0 aliphatic heterocycles. The molecule has 0 aliphatic carbocycles. The van der Waals surface area contributed by atoms with Crippen LogP contribution in [-0.4, -0.2) is 22.6 Å². The molecule has 0 unspecified atom stereocenters. The monoisotopic (exact) mass is 195 g/mol. The molecule has 0 fully saturated rings. The summed E-state index contributed by atoms with van der Waals surface area (Å²) in [6.07, 6.45) is 3.42. The molecule has 0 amide bonds. The number of rotatable bonds is 3. The minimum absolute atomic E-state index is 0.136. The first kappa shape index (κ1) is 10.9. The van der Waals surface area contributed by atoms with Crippen LogP contribution in [0, 0.1) is 0 Å². The van der Waals surface area contributed by atoms with Crippen LogP contribution in [0.4, 0.5) is 5.82 Å². The highest BCUT2D eigenvalue weighted by Gasteiger charge is 2.10. The summed E-state index contributed by atoms with van der Waals surface area (Å²) in [5, 5.41) is 2.91. The molecule has 1 aromatic heterocycles. The van der Waals surface area contributed by atoms with Crippen molar-refractivity contribution in [3.8, 4) is 0 Å². The normalized spacial score (nSPS) is 11.4. The van der Waals surface area contributed by atoms with Gasteiger partial charge in [-0.15, -0.1) is 0 Å². The molecule has 4 heteroatoms. The predicted molar refractivity (Wildman–Crippen MR) is 56.1 cm³/mol. The summed E-state index contributed by atoms with van der Waals surface area (Å²) >= 11 is 0. The summed E-state index contributed by atoms with van der Waals surface area (Å²) in [6.45, 7) is 6.55. The molecule has 1 rings (SSSR count). The lowest BCUT2D eigenvalue weighted by molar-refractivity contribution is -0.0165. The van der Waals surface area contributed by atoms with E-state index >= 15 is 0 Å². The van der Waals surface area contributed by atoms with Gasteiger partial charge in [-0.2, -0.15) is 0 Å². The van der Waals surface area contributed by atoms with Crippen molar-refractivity contribution in [2.75, 3.05) is 12.4 Å². The lowest BCUT2D eigenvalue weighted by Crippen LogP contribution is -2.19. The zero-order chi connectivity index (χ0) is 10.6. The Balaban J connectivity index is 2.52. The summed E-state index contributed by atoms with van der Waals surface area (Å²) in [4.78, 5) is 8.35. The number of nitrogens with one attached hydrogen (secondary N) is 1. The molecule has 0 aromatic carbocycles. The Bertz CT molecular complexity index is 276. The molecular formula is C10H17N3O. The van der Waals surface area contributed by atoms with Crippen LogP contribution < -0.4 is 5.32 Å². The Hall–Kier alpha value is -1.16. The van der Waals surface area contributed by atoms with Crippen LogP contribution >= 0.6 is 0 Å². The van der Waals surface area contributed by atoms with Crippen molar-refractivity contribution in [2.24, 2.45) is 0 Å². The van der Waals surface area contributed by atoms with Gasteiger partial charge in [-0.05, 0) is 20.8 Å². The highest BCUT2D eigenvalue weighted by Crippen LogP contribution is 2.10. The predicted octanol–water partition coefficient (Wildman–Crippen LogP) is 1.83. The fraction of sp³-hybridized carbons (Fsp3) is 0.600. The van der Waals surface area contributed by atoms with E-state index in [4.69, 9.17) is 4.74 Å². The van der Waals surface area contributed by atoms with Gasteiger partial charge < -0.3 is 10.1 Å². The smallest absolute Gasteiger partial charge is 0.144 e. The number of hydrogen-bond donors (Lipinski definition) is 1. The van der Waals surface area contributed by atoms with Crippen molar-refractivity contribution in [1.29, 1.82) is 0 Å². The second-order valence-electron chi connectivity index (χ2n) is 4.04. The molecule has 0 saturated heterocycles.